The highest BCUT2D eigenvalue weighted by molar-refractivity contribution is 6.35. The van der Waals surface area contributed by atoms with E-state index in [-0.39, 0.29) is 36.8 Å². The van der Waals surface area contributed by atoms with Crippen molar-refractivity contribution in [2.75, 3.05) is 19.6 Å². The molecule has 2 aliphatic heterocycles. The first-order valence-electron chi connectivity index (χ1n) is 13.5. The number of para-hydroxylation sites is 1. The van der Waals surface area contributed by atoms with Gasteiger partial charge in [0, 0.05) is 42.5 Å². The largest absolute Gasteiger partial charge is 0.406 e. The molecule has 41 heavy (non-hydrogen) atoms. The van der Waals surface area contributed by atoms with E-state index in [0.717, 1.165) is 15.8 Å². The lowest BCUT2D eigenvalue weighted by Gasteiger charge is -2.33. The summed E-state index contributed by atoms with van der Waals surface area (Å²) in [4.78, 5) is 44.9. The van der Waals surface area contributed by atoms with E-state index in [9.17, 15) is 27.6 Å². The standard InChI is InChI=1S/C29H27ClF3N5O3/c30-23-11-18-9-19(28(41)38(15-29(31,32)33)14-22(18)21-13-34-36-26(21)23)12-25(39)37-7-5-16(6-8-37)20-10-17-3-1-2-4-24(17)35-27(20)40/h1-4,10-11,13,16,19H,5-9,12,14-15H2,(H,34,36)(H,35,40). The van der Waals surface area contributed by atoms with Crippen LogP contribution in [0, 0.1) is 5.92 Å². The summed E-state index contributed by atoms with van der Waals surface area (Å²) in [6.45, 7) is -0.886. The molecule has 12 heteroatoms. The Morgan fingerprint density at radius 3 is 2.63 bits per heavy atom. The maximum absolute atomic E-state index is 13.5. The minimum Gasteiger partial charge on any atom is -0.343 e. The highest BCUT2D eigenvalue weighted by Crippen LogP contribution is 2.36. The van der Waals surface area contributed by atoms with Gasteiger partial charge in [-0.15, -0.1) is 0 Å². The Labute approximate surface area is 237 Å². The summed E-state index contributed by atoms with van der Waals surface area (Å²) in [5.74, 6) is -1.99. The first kappa shape index (κ1) is 27.3. The number of hydrogen-bond acceptors (Lipinski definition) is 4. The summed E-state index contributed by atoms with van der Waals surface area (Å²) in [5.41, 5.74) is 2.97. The van der Waals surface area contributed by atoms with E-state index in [2.05, 4.69) is 15.2 Å². The van der Waals surface area contributed by atoms with Crippen LogP contribution in [-0.4, -0.2) is 62.6 Å². The number of pyridine rings is 1. The second-order valence-corrected chi connectivity index (χ2v) is 11.3. The zero-order valence-corrected chi connectivity index (χ0v) is 22.7. The first-order valence-corrected chi connectivity index (χ1v) is 13.8. The Balaban J connectivity index is 1.20. The maximum Gasteiger partial charge on any atom is 0.406 e. The number of fused-ring (bicyclic) bond motifs is 4. The third-order valence-electron chi connectivity index (χ3n) is 8.23. The van der Waals surface area contributed by atoms with E-state index < -0.39 is 24.5 Å². The van der Waals surface area contributed by atoms with Crippen LogP contribution in [0.15, 0.2) is 47.4 Å². The van der Waals surface area contributed by atoms with Gasteiger partial charge in [-0.2, -0.15) is 18.3 Å². The molecule has 1 atom stereocenters. The van der Waals surface area contributed by atoms with Crippen LogP contribution in [0.25, 0.3) is 21.8 Å². The van der Waals surface area contributed by atoms with Crippen LogP contribution < -0.4 is 5.56 Å². The fraction of sp³-hybridized carbons (Fsp3) is 0.379. The van der Waals surface area contributed by atoms with Crippen molar-refractivity contribution in [1.29, 1.82) is 0 Å². The average Bonchev–Trinajstić information content (AvgIpc) is 3.39. The number of hydrogen-bond donors (Lipinski definition) is 2. The van der Waals surface area contributed by atoms with Gasteiger partial charge < -0.3 is 14.8 Å². The zero-order chi connectivity index (χ0) is 28.9. The summed E-state index contributed by atoms with van der Waals surface area (Å²) >= 11 is 6.40. The normalized spacial score (nSPS) is 18.6. The highest BCUT2D eigenvalue weighted by Gasteiger charge is 2.39. The van der Waals surface area contributed by atoms with Crippen LogP contribution in [0.3, 0.4) is 0 Å². The van der Waals surface area contributed by atoms with Crippen LogP contribution in [0.4, 0.5) is 13.2 Å². The Morgan fingerprint density at radius 1 is 1.12 bits per heavy atom. The molecule has 4 heterocycles. The third kappa shape index (κ3) is 5.42. The van der Waals surface area contributed by atoms with E-state index in [1.54, 1.807) is 11.0 Å². The van der Waals surface area contributed by atoms with Crippen LogP contribution in [-0.2, 0) is 22.6 Å². The number of nitrogens with one attached hydrogen (secondary N) is 2. The van der Waals surface area contributed by atoms with Gasteiger partial charge in [-0.1, -0.05) is 29.8 Å². The molecule has 2 aliphatic rings. The van der Waals surface area contributed by atoms with Gasteiger partial charge in [0.15, 0.2) is 0 Å². The molecule has 1 fully saturated rings. The number of rotatable bonds is 4. The van der Waals surface area contributed by atoms with Crippen LogP contribution in [0.2, 0.25) is 5.02 Å². The number of benzene rings is 2. The number of H-pyrrole nitrogens is 2. The van der Waals surface area contributed by atoms with Crippen molar-refractivity contribution in [3.8, 4) is 0 Å². The second kappa shape index (κ2) is 10.5. The molecule has 4 aromatic rings. The Bertz CT molecular complexity index is 1710. The lowest BCUT2D eigenvalue weighted by Crippen LogP contribution is -2.44. The lowest BCUT2D eigenvalue weighted by molar-refractivity contribution is -0.165. The fourth-order valence-electron chi connectivity index (χ4n) is 6.19. The van der Waals surface area contributed by atoms with Crippen molar-refractivity contribution in [1.82, 2.24) is 25.0 Å². The van der Waals surface area contributed by atoms with E-state index in [1.807, 2.05) is 30.3 Å². The van der Waals surface area contributed by atoms with E-state index in [0.29, 0.717) is 58.5 Å². The van der Waals surface area contributed by atoms with Gasteiger partial charge in [0.25, 0.3) is 5.56 Å². The summed E-state index contributed by atoms with van der Waals surface area (Å²) in [6.07, 6.45) is -2.08. The maximum atomic E-state index is 13.5. The van der Waals surface area contributed by atoms with Crippen LogP contribution in [0.5, 0.6) is 0 Å². The predicted octanol–water partition coefficient (Wildman–Crippen LogP) is 4.92. The number of amides is 2. The number of aromatic nitrogens is 3. The topological polar surface area (TPSA) is 102 Å². The van der Waals surface area contributed by atoms with E-state index >= 15 is 0 Å². The van der Waals surface area contributed by atoms with Gasteiger partial charge in [-0.25, -0.2) is 0 Å². The molecule has 0 radical (unpaired) electrons. The van der Waals surface area contributed by atoms with Gasteiger partial charge in [0.1, 0.15) is 6.54 Å². The minimum absolute atomic E-state index is 0.0272. The number of piperidine rings is 1. The third-order valence-corrected chi connectivity index (χ3v) is 8.53. The molecule has 2 aromatic carbocycles. The van der Waals surface area contributed by atoms with Crippen molar-refractivity contribution in [2.24, 2.45) is 5.92 Å². The summed E-state index contributed by atoms with van der Waals surface area (Å²) in [7, 11) is 0. The average molecular weight is 586 g/mol. The number of alkyl halides is 3. The summed E-state index contributed by atoms with van der Waals surface area (Å²) in [6, 6.07) is 11.1. The van der Waals surface area contributed by atoms with Crippen LogP contribution >= 0.6 is 11.6 Å². The van der Waals surface area contributed by atoms with E-state index in [1.165, 1.54) is 6.20 Å². The summed E-state index contributed by atoms with van der Waals surface area (Å²) < 4.78 is 40.4. The molecule has 1 unspecified atom stereocenters. The van der Waals surface area contributed by atoms with Gasteiger partial charge in [-0.05, 0) is 59.9 Å². The Morgan fingerprint density at radius 2 is 1.88 bits per heavy atom. The van der Waals surface area contributed by atoms with Gasteiger partial charge in [0.05, 0.1) is 22.7 Å². The Hall–Kier alpha value is -3.86. The number of carbonyl (C=O) groups excluding carboxylic acids is 2. The molecule has 214 valence electrons. The molecule has 6 rings (SSSR count). The lowest BCUT2D eigenvalue weighted by atomic mass is 9.88. The number of nitrogens with zero attached hydrogens (tertiary/aromatic N) is 3. The van der Waals surface area contributed by atoms with Crippen LogP contribution in [0.1, 0.15) is 41.9 Å². The molecule has 0 spiro atoms. The monoisotopic (exact) mass is 585 g/mol. The van der Waals surface area contributed by atoms with Crippen molar-refractivity contribution in [2.45, 2.75) is 44.3 Å². The minimum atomic E-state index is -4.60. The van der Waals surface area contributed by atoms with Crippen molar-refractivity contribution in [3.63, 3.8) is 0 Å². The van der Waals surface area contributed by atoms with Gasteiger partial charge in [-0.3, -0.25) is 19.5 Å². The van der Waals surface area contributed by atoms with Crippen molar-refractivity contribution in [3.05, 3.63) is 74.7 Å². The number of halogens is 4. The molecule has 1 saturated heterocycles. The molecule has 2 amide bonds. The molecule has 0 bridgehead atoms. The highest BCUT2D eigenvalue weighted by atomic mass is 35.5. The Kier molecular flexibility index (Phi) is 7.01. The molecular weight excluding hydrogens is 559 g/mol. The first-order chi connectivity index (χ1) is 19.6. The fourth-order valence-corrected chi connectivity index (χ4v) is 6.46. The SMILES string of the molecule is O=C(CC1Cc2cc(Cl)c3[nH]ncc3c2CN(CC(F)(F)F)C1=O)N1CCC(c2cc3ccccc3[nH]c2=O)CC1. The quantitative estimate of drug-likeness (QED) is 0.355. The second-order valence-electron chi connectivity index (χ2n) is 10.9. The van der Waals surface area contributed by atoms with Gasteiger partial charge >= 0.3 is 6.18 Å². The van der Waals surface area contributed by atoms with E-state index in [4.69, 9.17) is 11.6 Å². The predicted molar refractivity (Wildman–Crippen MR) is 148 cm³/mol. The summed E-state index contributed by atoms with van der Waals surface area (Å²) in [5, 5.41) is 8.58. The van der Waals surface area contributed by atoms with Crippen molar-refractivity contribution < 1.29 is 22.8 Å². The molecule has 2 aromatic heterocycles. The molecule has 8 nitrogen and oxygen atoms in total. The zero-order valence-electron chi connectivity index (χ0n) is 21.9. The van der Waals surface area contributed by atoms with Crippen molar-refractivity contribution >= 4 is 45.2 Å². The molecular formula is C29H27ClF3N5O3. The number of aromatic amines is 2. The molecule has 0 aliphatic carbocycles. The smallest absolute Gasteiger partial charge is 0.343 e. The number of carbonyl (C=O) groups is 2. The number of likely N-dealkylation sites (tertiary alicyclic amines) is 1. The van der Waals surface area contributed by atoms with Gasteiger partial charge in [0.2, 0.25) is 11.8 Å². The molecule has 2 N–H and O–H groups in total. The molecule has 0 saturated carbocycles.